The molecule has 0 radical (unpaired) electrons. The van der Waals surface area contributed by atoms with Gasteiger partial charge in [0.2, 0.25) is 11.4 Å². The van der Waals surface area contributed by atoms with E-state index in [0.29, 0.717) is 6.42 Å². The number of aliphatic hydroxyl groups is 1. The average Bonchev–Trinajstić information content (AvgIpc) is 2.88. The first kappa shape index (κ1) is 14.4. The van der Waals surface area contributed by atoms with Crippen LogP contribution in [0, 0.1) is 22.0 Å². The summed E-state index contributed by atoms with van der Waals surface area (Å²) in [5, 5.41) is 22.8. The summed E-state index contributed by atoms with van der Waals surface area (Å²) in [5.74, 6) is -1.61. The molecule has 2 saturated heterocycles. The summed E-state index contributed by atoms with van der Waals surface area (Å²) in [6.45, 7) is -2.32. The molecule has 2 rings (SSSR count). The van der Waals surface area contributed by atoms with Crippen LogP contribution in [0.1, 0.15) is 74.3 Å². The Bertz CT molecular complexity index is 680. The highest BCUT2D eigenvalue weighted by atomic mass is 16.6. The molecule has 0 aromatic rings. The van der Waals surface area contributed by atoms with Gasteiger partial charge in [-0.25, -0.2) is 0 Å². The number of ether oxygens (including phenoxy) is 1. The Morgan fingerprint density at radius 3 is 2.58 bits per heavy atom. The Balaban J connectivity index is 0.000000363. The fourth-order valence-electron chi connectivity index (χ4n) is 3.12. The van der Waals surface area contributed by atoms with E-state index in [2.05, 4.69) is 5.32 Å². The summed E-state index contributed by atoms with van der Waals surface area (Å²) in [5.41, 5.74) is -3.21. The molecule has 2 atom stereocenters. The first-order valence-electron chi connectivity index (χ1n) is 11.7. The van der Waals surface area contributed by atoms with Crippen molar-refractivity contribution >= 4 is 11.9 Å². The first-order valence-corrected chi connectivity index (χ1v) is 8.72. The number of esters is 1. The van der Waals surface area contributed by atoms with Crippen LogP contribution in [0.25, 0.3) is 0 Å². The van der Waals surface area contributed by atoms with Crippen LogP contribution in [-0.2, 0) is 14.3 Å². The second kappa shape index (κ2) is 9.30. The van der Waals surface area contributed by atoms with Crippen LogP contribution in [0.3, 0.4) is 0 Å². The van der Waals surface area contributed by atoms with Gasteiger partial charge in [-0.3, -0.25) is 19.7 Å². The van der Waals surface area contributed by atoms with Crippen molar-refractivity contribution in [2.24, 2.45) is 11.8 Å². The maximum Gasteiger partial charge on any atom is 0.309 e. The lowest BCUT2D eigenvalue weighted by atomic mass is 9.87. The van der Waals surface area contributed by atoms with Gasteiger partial charge in [-0.1, -0.05) is 0 Å². The number of cyclic esters (lactones) is 1. The summed E-state index contributed by atoms with van der Waals surface area (Å²) in [6.07, 6.45) is 2.16. The van der Waals surface area contributed by atoms with E-state index in [9.17, 15) is 19.7 Å². The molecule has 2 unspecified atom stereocenters. The molecule has 0 aromatic carbocycles. The van der Waals surface area contributed by atoms with E-state index < -0.39 is 42.5 Å². The SMILES string of the molecule is CC1(C)CC(CCCO)C(=O)N1.[2H]C([2H])([2H])C(CC1CCCOC1=O)([N+](=O)[O-])C([2H])([2H])[2H]. The van der Waals surface area contributed by atoms with Gasteiger partial charge < -0.3 is 15.2 Å². The van der Waals surface area contributed by atoms with E-state index in [1.807, 2.05) is 13.8 Å². The molecule has 8 heteroatoms. The summed E-state index contributed by atoms with van der Waals surface area (Å²) < 4.78 is 48.4. The number of hydrogen-bond donors (Lipinski definition) is 2. The van der Waals surface area contributed by atoms with Gasteiger partial charge in [-0.05, 0) is 46.0 Å². The quantitative estimate of drug-likeness (QED) is 0.415. The van der Waals surface area contributed by atoms with E-state index >= 15 is 0 Å². The zero-order valence-corrected chi connectivity index (χ0v) is 15.2. The molecule has 1 amide bonds. The number of amides is 1. The molecule has 2 aliphatic rings. The Labute approximate surface area is 163 Å². The second-order valence-electron chi connectivity index (χ2n) is 7.47. The van der Waals surface area contributed by atoms with Crippen molar-refractivity contribution in [3.63, 3.8) is 0 Å². The Hall–Kier alpha value is -1.70. The zero-order chi connectivity index (χ0) is 25.0. The average molecular weight is 378 g/mol. The van der Waals surface area contributed by atoms with Crippen LogP contribution >= 0.6 is 0 Å². The smallest absolute Gasteiger partial charge is 0.309 e. The van der Waals surface area contributed by atoms with Crippen molar-refractivity contribution in [2.45, 2.75) is 77.2 Å². The van der Waals surface area contributed by atoms with E-state index in [1.165, 1.54) is 0 Å². The van der Waals surface area contributed by atoms with Crippen LogP contribution in [0.15, 0.2) is 0 Å². The lowest BCUT2D eigenvalue weighted by Gasteiger charge is -2.24. The van der Waals surface area contributed by atoms with Crippen molar-refractivity contribution in [2.75, 3.05) is 13.2 Å². The molecule has 0 spiro atoms. The topological polar surface area (TPSA) is 119 Å². The van der Waals surface area contributed by atoms with E-state index in [0.717, 1.165) is 19.3 Å². The summed E-state index contributed by atoms with van der Waals surface area (Å²) in [6, 6.07) is 0. The van der Waals surface area contributed by atoms with Crippen molar-refractivity contribution in [3.05, 3.63) is 10.1 Å². The molecule has 2 heterocycles. The van der Waals surface area contributed by atoms with Gasteiger partial charge in [0.05, 0.1) is 12.5 Å². The molecule has 0 bridgehead atoms. The van der Waals surface area contributed by atoms with Gasteiger partial charge in [0, 0.05) is 51.3 Å². The molecule has 0 aromatic heterocycles. The molecule has 2 fully saturated rings. The van der Waals surface area contributed by atoms with E-state index in [1.54, 1.807) is 0 Å². The lowest BCUT2D eigenvalue weighted by Crippen LogP contribution is -2.37. The fourth-order valence-corrected chi connectivity index (χ4v) is 3.12. The standard InChI is InChI=1S/C9H15NO4.C9H17NO2/c1-9(2,10(12)13)6-7-4-3-5-14-8(7)11;1-9(2)6-7(4-3-5-11)8(12)10-9/h7H,3-6H2,1-2H3;7,11H,3-6H2,1-2H3,(H,10,12)/i1D3,2D3;. The molecule has 2 aliphatic heterocycles. The third kappa shape index (κ3) is 6.90. The van der Waals surface area contributed by atoms with Crippen LogP contribution in [0.5, 0.6) is 0 Å². The molecule has 26 heavy (non-hydrogen) atoms. The van der Waals surface area contributed by atoms with Crippen molar-refractivity contribution < 1.29 is 32.6 Å². The number of nitro groups is 1. The summed E-state index contributed by atoms with van der Waals surface area (Å²) >= 11 is 0. The number of carbonyl (C=O) groups is 2. The largest absolute Gasteiger partial charge is 0.465 e. The van der Waals surface area contributed by atoms with Gasteiger partial charge in [0.1, 0.15) is 0 Å². The Morgan fingerprint density at radius 2 is 2.12 bits per heavy atom. The highest BCUT2D eigenvalue weighted by molar-refractivity contribution is 5.81. The van der Waals surface area contributed by atoms with Gasteiger partial charge in [0.25, 0.3) is 0 Å². The molecule has 8 nitrogen and oxygen atoms in total. The predicted octanol–water partition coefficient (Wildman–Crippen LogP) is 2.06. The fraction of sp³-hybridized carbons (Fsp3) is 0.889. The molecule has 0 saturated carbocycles. The predicted molar refractivity (Wildman–Crippen MR) is 96.0 cm³/mol. The maximum atomic E-state index is 11.5. The lowest BCUT2D eigenvalue weighted by molar-refractivity contribution is -0.562. The number of hydrogen-bond acceptors (Lipinski definition) is 6. The minimum atomic E-state index is -3.36. The van der Waals surface area contributed by atoms with Gasteiger partial charge in [-0.2, -0.15) is 0 Å². The second-order valence-corrected chi connectivity index (χ2v) is 7.47. The number of carbonyl (C=O) groups excluding carboxylic acids is 2. The van der Waals surface area contributed by atoms with Crippen molar-refractivity contribution in [3.8, 4) is 0 Å². The van der Waals surface area contributed by atoms with E-state index in [4.69, 9.17) is 18.1 Å². The van der Waals surface area contributed by atoms with Crippen LogP contribution in [0.4, 0.5) is 0 Å². The molecule has 0 aliphatic carbocycles. The Kier molecular flexibility index (Phi) is 5.14. The number of nitrogens with zero attached hydrogens (tertiary/aromatic N) is 1. The third-order valence-corrected chi connectivity index (χ3v) is 4.43. The highest BCUT2D eigenvalue weighted by Gasteiger charge is 2.38. The van der Waals surface area contributed by atoms with Gasteiger partial charge in [-0.15, -0.1) is 0 Å². The van der Waals surface area contributed by atoms with E-state index in [-0.39, 0.29) is 37.0 Å². The highest BCUT2D eigenvalue weighted by Crippen LogP contribution is 2.28. The van der Waals surface area contributed by atoms with Gasteiger partial charge in [0.15, 0.2) is 0 Å². The molecule has 150 valence electrons. The minimum absolute atomic E-state index is 0.0444. The monoisotopic (exact) mass is 378 g/mol. The molecular formula is C18H32N2O6. The van der Waals surface area contributed by atoms with Gasteiger partial charge >= 0.3 is 5.97 Å². The summed E-state index contributed by atoms with van der Waals surface area (Å²) in [4.78, 5) is 32.8. The van der Waals surface area contributed by atoms with Crippen molar-refractivity contribution in [1.82, 2.24) is 5.32 Å². The summed E-state index contributed by atoms with van der Waals surface area (Å²) in [7, 11) is 0. The molecule has 2 N–H and O–H groups in total. The molecular weight excluding hydrogens is 340 g/mol. The number of aliphatic hydroxyl groups excluding tert-OH is 1. The number of rotatable bonds is 6. The van der Waals surface area contributed by atoms with Crippen LogP contribution < -0.4 is 5.32 Å². The van der Waals surface area contributed by atoms with Crippen molar-refractivity contribution in [1.29, 1.82) is 0 Å². The normalized spacial score (nSPS) is 29.3. The number of nitrogens with one attached hydrogen (secondary N) is 1. The first-order chi connectivity index (χ1) is 14.5. The minimum Gasteiger partial charge on any atom is -0.465 e. The maximum absolute atomic E-state index is 11.5. The Morgan fingerprint density at radius 1 is 1.42 bits per heavy atom. The zero-order valence-electron chi connectivity index (χ0n) is 21.2. The third-order valence-electron chi connectivity index (χ3n) is 4.43. The van der Waals surface area contributed by atoms with Crippen LogP contribution in [-0.4, -0.2) is 46.2 Å². The van der Waals surface area contributed by atoms with Crippen LogP contribution in [0.2, 0.25) is 0 Å².